The van der Waals surface area contributed by atoms with E-state index < -0.39 is 0 Å². The van der Waals surface area contributed by atoms with Crippen LogP contribution in [-0.2, 0) is 9.47 Å². The van der Waals surface area contributed by atoms with Gasteiger partial charge in [0, 0.05) is 0 Å². The molecule has 1 aromatic rings. The van der Waals surface area contributed by atoms with Crippen LogP contribution in [0.25, 0.3) is 0 Å². The van der Waals surface area contributed by atoms with Crippen LogP contribution < -0.4 is 0 Å². The van der Waals surface area contributed by atoms with E-state index in [1.807, 2.05) is 0 Å². The molecule has 0 aliphatic heterocycles. The smallest absolute Gasteiger partial charge is 0.338 e. The van der Waals surface area contributed by atoms with Gasteiger partial charge >= 0.3 is 11.9 Å². The Balaban J connectivity index is 2.25. The third-order valence-corrected chi connectivity index (χ3v) is 5.19. The van der Waals surface area contributed by atoms with E-state index in [9.17, 15) is 9.59 Å². The summed E-state index contributed by atoms with van der Waals surface area (Å²) in [6.45, 7) is 7.30. The molecule has 0 saturated heterocycles. The molecule has 0 saturated carbocycles. The first-order valence-corrected chi connectivity index (χ1v) is 11.1. The molecule has 0 aromatic heterocycles. The Morgan fingerprint density at radius 1 is 0.714 bits per heavy atom. The van der Waals surface area contributed by atoms with Crippen LogP contribution in [0.3, 0.4) is 0 Å². The Bertz CT molecular complexity index is 546. The molecule has 4 nitrogen and oxygen atoms in total. The quantitative estimate of drug-likeness (QED) is 0.251. The van der Waals surface area contributed by atoms with Crippen molar-refractivity contribution < 1.29 is 19.1 Å². The molecule has 0 heterocycles. The predicted molar refractivity (Wildman–Crippen MR) is 114 cm³/mol. The van der Waals surface area contributed by atoms with Crippen LogP contribution in [-0.4, -0.2) is 25.2 Å². The standard InChI is InChI=1S/C24H38O4/c1-4-7-8-9-10-11-12-13-18-27-23(25)21-14-16-22(17-15-21)24(26)28-19-20(5-2)6-3/h14-17,20H,4-13,18-19H2,1-3H3. The molecule has 0 N–H and O–H groups in total. The lowest BCUT2D eigenvalue weighted by atomic mass is 10.1. The fraction of sp³-hybridized carbons (Fsp3) is 0.667. The fourth-order valence-corrected chi connectivity index (χ4v) is 3.03. The van der Waals surface area contributed by atoms with E-state index in [2.05, 4.69) is 20.8 Å². The number of benzene rings is 1. The van der Waals surface area contributed by atoms with Gasteiger partial charge in [-0.25, -0.2) is 9.59 Å². The molecule has 1 aromatic carbocycles. The Morgan fingerprint density at radius 2 is 1.18 bits per heavy atom. The van der Waals surface area contributed by atoms with E-state index in [0.29, 0.717) is 30.3 Å². The van der Waals surface area contributed by atoms with Gasteiger partial charge in [0.2, 0.25) is 0 Å². The maximum Gasteiger partial charge on any atom is 0.338 e. The van der Waals surface area contributed by atoms with Crippen molar-refractivity contribution in [1.29, 1.82) is 0 Å². The molecule has 158 valence electrons. The van der Waals surface area contributed by atoms with E-state index >= 15 is 0 Å². The van der Waals surface area contributed by atoms with Crippen LogP contribution in [0.1, 0.15) is 106 Å². The molecule has 0 amide bonds. The number of carbonyl (C=O) groups is 2. The molecular weight excluding hydrogens is 352 g/mol. The molecule has 0 spiro atoms. The van der Waals surface area contributed by atoms with Crippen molar-refractivity contribution in [3.05, 3.63) is 35.4 Å². The van der Waals surface area contributed by atoms with Crippen LogP contribution >= 0.6 is 0 Å². The summed E-state index contributed by atoms with van der Waals surface area (Å²) >= 11 is 0. The second kappa shape index (κ2) is 15.1. The molecule has 4 heteroatoms. The second-order valence-electron chi connectivity index (χ2n) is 7.47. The van der Waals surface area contributed by atoms with Crippen molar-refractivity contribution in [3.63, 3.8) is 0 Å². The molecule has 0 fully saturated rings. The summed E-state index contributed by atoms with van der Waals surface area (Å²) in [6, 6.07) is 6.51. The van der Waals surface area contributed by atoms with Crippen molar-refractivity contribution >= 4 is 11.9 Å². The molecule has 1 rings (SSSR count). The number of ether oxygens (including phenoxy) is 2. The summed E-state index contributed by atoms with van der Waals surface area (Å²) in [5, 5.41) is 0. The van der Waals surface area contributed by atoms with Crippen LogP contribution in [0.15, 0.2) is 24.3 Å². The molecule has 0 bridgehead atoms. The number of rotatable bonds is 15. The zero-order chi connectivity index (χ0) is 20.6. The largest absolute Gasteiger partial charge is 0.462 e. The van der Waals surface area contributed by atoms with Gasteiger partial charge in [-0.05, 0) is 36.6 Å². The van der Waals surface area contributed by atoms with Crippen molar-refractivity contribution in [3.8, 4) is 0 Å². The van der Waals surface area contributed by atoms with Crippen LogP contribution in [0.2, 0.25) is 0 Å². The minimum Gasteiger partial charge on any atom is -0.462 e. The number of carbonyl (C=O) groups excluding carboxylic acids is 2. The average Bonchev–Trinajstić information content (AvgIpc) is 2.73. The third-order valence-electron chi connectivity index (χ3n) is 5.19. The van der Waals surface area contributed by atoms with Crippen molar-refractivity contribution in [2.45, 2.75) is 85.0 Å². The van der Waals surface area contributed by atoms with E-state index in [-0.39, 0.29) is 11.9 Å². The predicted octanol–water partition coefficient (Wildman–Crippen LogP) is 6.58. The van der Waals surface area contributed by atoms with Gasteiger partial charge in [-0.2, -0.15) is 0 Å². The SMILES string of the molecule is CCCCCCCCCCOC(=O)c1ccc(C(=O)OCC(CC)CC)cc1. The number of hydrogen-bond donors (Lipinski definition) is 0. The zero-order valence-corrected chi connectivity index (χ0v) is 18.0. The lowest BCUT2D eigenvalue weighted by Crippen LogP contribution is -2.13. The summed E-state index contributed by atoms with van der Waals surface area (Å²) < 4.78 is 10.7. The molecule has 28 heavy (non-hydrogen) atoms. The monoisotopic (exact) mass is 390 g/mol. The van der Waals surface area contributed by atoms with Gasteiger partial charge in [-0.3, -0.25) is 0 Å². The van der Waals surface area contributed by atoms with Gasteiger partial charge in [0.05, 0.1) is 24.3 Å². The highest BCUT2D eigenvalue weighted by Crippen LogP contribution is 2.12. The van der Waals surface area contributed by atoms with Crippen molar-refractivity contribution in [1.82, 2.24) is 0 Å². The van der Waals surface area contributed by atoms with Gasteiger partial charge in [0.1, 0.15) is 0 Å². The first-order valence-electron chi connectivity index (χ1n) is 11.1. The number of esters is 2. The fourth-order valence-electron chi connectivity index (χ4n) is 3.03. The van der Waals surface area contributed by atoms with Gasteiger partial charge < -0.3 is 9.47 Å². The van der Waals surface area contributed by atoms with E-state index in [1.165, 1.54) is 38.5 Å². The minimum atomic E-state index is -0.342. The number of unbranched alkanes of at least 4 members (excludes halogenated alkanes) is 7. The highest BCUT2D eigenvalue weighted by atomic mass is 16.5. The molecule has 0 aliphatic carbocycles. The molecular formula is C24H38O4. The van der Waals surface area contributed by atoms with Crippen LogP contribution in [0, 0.1) is 5.92 Å². The summed E-state index contributed by atoms with van der Waals surface area (Å²) in [7, 11) is 0. The summed E-state index contributed by atoms with van der Waals surface area (Å²) in [5.41, 5.74) is 0.932. The Labute approximate surface area is 171 Å². The van der Waals surface area contributed by atoms with Crippen LogP contribution in [0.5, 0.6) is 0 Å². The van der Waals surface area contributed by atoms with E-state index in [4.69, 9.17) is 9.47 Å². The molecule has 0 unspecified atom stereocenters. The first kappa shape index (κ1) is 24.2. The highest BCUT2D eigenvalue weighted by molar-refractivity contribution is 5.93. The zero-order valence-electron chi connectivity index (χ0n) is 18.0. The molecule has 0 aliphatic rings. The van der Waals surface area contributed by atoms with Gasteiger partial charge in [-0.1, -0.05) is 78.6 Å². The Hall–Kier alpha value is -1.84. The molecule has 0 radical (unpaired) electrons. The van der Waals surface area contributed by atoms with E-state index in [1.54, 1.807) is 24.3 Å². The normalized spacial score (nSPS) is 10.9. The minimum absolute atomic E-state index is 0.333. The van der Waals surface area contributed by atoms with E-state index in [0.717, 1.165) is 25.7 Å². The summed E-state index contributed by atoms with van der Waals surface area (Å²) in [5.74, 6) is -0.278. The average molecular weight is 391 g/mol. The van der Waals surface area contributed by atoms with Crippen LogP contribution in [0.4, 0.5) is 0 Å². The maximum absolute atomic E-state index is 12.1. The van der Waals surface area contributed by atoms with Gasteiger partial charge in [0.25, 0.3) is 0 Å². The Morgan fingerprint density at radius 3 is 1.68 bits per heavy atom. The summed E-state index contributed by atoms with van der Waals surface area (Å²) in [4.78, 5) is 24.2. The lowest BCUT2D eigenvalue weighted by molar-refractivity contribution is 0.0430. The topological polar surface area (TPSA) is 52.6 Å². The first-order chi connectivity index (χ1) is 13.6. The highest BCUT2D eigenvalue weighted by Gasteiger charge is 2.12. The second-order valence-corrected chi connectivity index (χ2v) is 7.47. The Kier molecular flexibility index (Phi) is 13.1. The number of hydrogen-bond acceptors (Lipinski definition) is 4. The lowest BCUT2D eigenvalue weighted by Gasteiger charge is -2.12. The van der Waals surface area contributed by atoms with Gasteiger partial charge in [0.15, 0.2) is 0 Å². The summed E-state index contributed by atoms with van der Waals surface area (Å²) in [6.07, 6.45) is 11.7. The van der Waals surface area contributed by atoms with Gasteiger partial charge in [-0.15, -0.1) is 0 Å². The maximum atomic E-state index is 12.1. The van der Waals surface area contributed by atoms with Crippen molar-refractivity contribution in [2.75, 3.05) is 13.2 Å². The third kappa shape index (κ3) is 9.91. The van der Waals surface area contributed by atoms with Crippen molar-refractivity contribution in [2.24, 2.45) is 5.92 Å². The molecule has 0 atom stereocenters.